The number of benzene rings is 3. The van der Waals surface area contributed by atoms with E-state index in [9.17, 15) is 4.79 Å². The molecule has 0 unspecified atom stereocenters. The molecule has 206 valence electrons. The van der Waals surface area contributed by atoms with Crippen molar-refractivity contribution in [1.82, 2.24) is 9.80 Å². The zero-order chi connectivity index (χ0) is 27.4. The number of rotatable bonds is 8. The lowest BCUT2D eigenvalue weighted by molar-refractivity contribution is 0.0628. The predicted octanol–water partition coefficient (Wildman–Crippen LogP) is 5.65. The number of fused-ring (bicyclic) bond motifs is 1. The summed E-state index contributed by atoms with van der Waals surface area (Å²) < 4.78 is 22.9. The molecule has 0 saturated carbocycles. The molecule has 0 N–H and O–H groups in total. The van der Waals surface area contributed by atoms with Crippen LogP contribution in [0.25, 0.3) is 0 Å². The maximum Gasteiger partial charge on any atom is 0.253 e. The fourth-order valence-electron chi connectivity index (χ4n) is 4.92. The van der Waals surface area contributed by atoms with Gasteiger partial charge in [-0.05, 0) is 65.9 Å². The summed E-state index contributed by atoms with van der Waals surface area (Å²) >= 11 is 0. The maximum atomic E-state index is 13.4. The second-order valence-corrected chi connectivity index (χ2v) is 11.1. The van der Waals surface area contributed by atoms with Gasteiger partial charge in [0.25, 0.3) is 5.91 Å². The van der Waals surface area contributed by atoms with Crippen LogP contribution in [-0.2, 0) is 18.6 Å². The summed E-state index contributed by atoms with van der Waals surface area (Å²) in [7, 11) is 0. The molecule has 0 spiro atoms. The Bertz CT molecular complexity index is 1290. The van der Waals surface area contributed by atoms with Crippen molar-refractivity contribution in [2.75, 3.05) is 39.6 Å². The minimum absolute atomic E-state index is 0.0385. The van der Waals surface area contributed by atoms with E-state index in [2.05, 4.69) is 43.9 Å². The van der Waals surface area contributed by atoms with E-state index in [1.165, 1.54) is 11.1 Å². The number of hydrogen-bond donors (Lipinski definition) is 0. The number of carbonyl (C=O) groups excluding carboxylic acids is 1. The van der Waals surface area contributed by atoms with E-state index in [0.29, 0.717) is 31.9 Å². The van der Waals surface area contributed by atoms with Gasteiger partial charge in [-0.3, -0.25) is 9.69 Å². The molecule has 3 aromatic rings. The number of hydrogen-bond acceptors (Lipinski definition) is 6. The van der Waals surface area contributed by atoms with Crippen molar-refractivity contribution in [3.05, 3.63) is 82.9 Å². The van der Waals surface area contributed by atoms with Crippen molar-refractivity contribution >= 4 is 5.91 Å². The van der Waals surface area contributed by atoms with Crippen LogP contribution in [0.2, 0.25) is 0 Å². The molecule has 2 aliphatic rings. The summed E-state index contributed by atoms with van der Waals surface area (Å²) in [5.41, 5.74) is 4.05. The molecule has 1 fully saturated rings. The molecule has 0 bridgehead atoms. The second-order valence-electron chi connectivity index (χ2n) is 11.1. The van der Waals surface area contributed by atoms with Crippen molar-refractivity contribution < 1.29 is 23.7 Å². The topological polar surface area (TPSA) is 60.5 Å². The summed E-state index contributed by atoms with van der Waals surface area (Å²) in [5.74, 6) is 3.18. The lowest BCUT2D eigenvalue weighted by Gasteiger charge is -2.35. The maximum absolute atomic E-state index is 13.4. The van der Waals surface area contributed by atoms with Crippen LogP contribution in [0.5, 0.6) is 23.0 Å². The minimum atomic E-state index is 0.0385. The van der Waals surface area contributed by atoms with Crippen molar-refractivity contribution in [2.45, 2.75) is 46.3 Å². The monoisotopic (exact) mass is 530 g/mol. The SMILES string of the molecule is CCOc1ccc(C(=O)N2CCN(Cc3ccc4c(c3)OCO4)CC2)cc1COc1ccc(C(C)(C)C)cc1. The van der Waals surface area contributed by atoms with Crippen LogP contribution in [0, 0.1) is 0 Å². The number of carbonyl (C=O) groups is 1. The van der Waals surface area contributed by atoms with Crippen LogP contribution < -0.4 is 18.9 Å². The molecule has 39 heavy (non-hydrogen) atoms. The fourth-order valence-corrected chi connectivity index (χ4v) is 4.92. The summed E-state index contributed by atoms with van der Waals surface area (Å²) in [6.45, 7) is 13.5. The molecular weight excluding hydrogens is 492 g/mol. The lowest BCUT2D eigenvalue weighted by atomic mass is 9.87. The molecule has 5 rings (SSSR count). The Morgan fingerprint density at radius 1 is 0.872 bits per heavy atom. The average Bonchev–Trinajstić information content (AvgIpc) is 3.40. The molecule has 0 aromatic heterocycles. The van der Waals surface area contributed by atoms with Gasteiger partial charge in [0.15, 0.2) is 11.5 Å². The Balaban J connectivity index is 1.20. The first-order valence-electron chi connectivity index (χ1n) is 13.7. The molecule has 1 amide bonds. The lowest BCUT2D eigenvalue weighted by Crippen LogP contribution is -2.48. The molecule has 0 radical (unpaired) electrons. The highest BCUT2D eigenvalue weighted by molar-refractivity contribution is 5.94. The second kappa shape index (κ2) is 11.6. The van der Waals surface area contributed by atoms with Gasteiger partial charge in [-0.2, -0.15) is 0 Å². The van der Waals surface area contributed by atoms with Crippen LogP contribution in [0.4, 0.5) is 0 Å². The largest absolute Gasteiger partial charge is 0.493 e. The standard InChI is InChI=1S/C32H38N2O5/c1-5-36-28-13-7-24(19-25(28)21-37-27-10-8-26(9-11-27)32(2,3)4)31(35)34-16-14-33(15-17-34)20-23-6-12-29-30(18-23)39-22-38-29/h6-13,18-19H,5,14-17,20-22H2,1-4H3. The van der Waals surface area contributed by atoms with Gasteiger partial charge in [0.1, 0.15) is 18.1 Å². The zero-order valence-electron chi connectivity index (χ0n) is 23.4. The van der Waals surface area contributed by atoms with Crippen LogP contribution in [0.15, 0.2) is 60.7 Å². The van der Waals surface area contributed by atoms with Gasteiger partial charge in [0.2, 0.25) is 6.79 Å². The molecule has 7 nitrogen and oxygen atoms in total. The average molecular weight is 531 g/mol. The van der Waals surface area contributed by atoms with Crippen LogP contribution in [-0.4, -0.2) is 55.3 Å². The van der Waals surface area contributed by atoms with E-state index >= 15 is 0 Å². The van der Waals surface area contributed by atoms with Crippen molar-refractivity contribution in [3.8, 4) is 23.0 Å². The van der Waals surface area contributed by atoms with Crippen molar-refractivity contribution in [2.24, 2.45) is 0 Å². The predicted molar refractivity (Wildman–Crippen MR) is 151 cm³/mol. The van der Waals surface area contributed by atoms with Gasteiger partial charge in [0, 0.05) is 43.9 Å². The van der Waals surface area contributed by atoms with Crippen LogP contribution in [0.3, 0.4) is 0 Å². The molecule has 0 aliphatic carbocycles. The number of piperazine rings is 1. The minimum Gasteiger partial charge on any atom is -0.493 e. The highest BCUT2D eigenvalue weighted by Crippen LogP contribution is 2.33. The summed E-state index contributed by atoms with van der Waals surface area (Å²) in [6, 6.07) is 19.9. The Kier molecular flexibility index (Phi) is 7.98. The van der Waals surface area contributed by atoms with Gasteiger partial charge >= 0.3 is 0 Å². The van der Waals surface area contributed by atoms with Gasteiger partial charge in [0.05, 0.1) is 6.61 Å². The van der Waals surface area contributed by atoms with Crippen molar-refractivity contribution in [1.29, 1.82) is 0 Å². The molecule has 2 aliphatic heterocycles. The third-order valence-corrected chi connectivity index (χ3v) is 7.22. The highest BCUT2D eigenvalue weighted by atomic mass is 16.7. The smallest absolute Gasteiger partial charge is 0.253 e. The molecule has 0 atom stereocenters. The Morgan fingerprint density at radius 2 is 1.62 bits per heavy atom. The quantitative estimate of drug-likeness (QED) is 0.375. The first-order chi connectivity index (χ1) is 18.8. The zero-order valence-corrected chi connectivity index (χ0v) is 23.4. The third kappa shape index (κ3) is 6.48. The highest BCUT2D eigenvalue weighted by Gasteiger charge is 2.24. The van der Waals surface area contributed by atoms with E-state index < -0.39 is 0 Å². The van der Waals surface area contributed by atoms with Gasteiger partial charge in [-0.25, -0.2) is 0 Å². The van der Waals surface area contributed by atoms with E-state index in [1.54, 1.807) is 0 Å². The Labute approximate surface area is 231 Å². The number of nitrogens with zero attached hydrogens (tertiary/aromatic N) is 2. The van der Waals surface area contributed by atoms with Crippen LogP contribution in [0.1, 0.15) is 54.7 Å². The Hall–Kier alpha value is -3.71. The normalized spacial score (nSPS) is 15.3. The molecule has 3 aromatic carbocycles. The van der Waals surface area contributed by atoms with E-state index in [4.69, 9.17) is 18.9 Å². The molecule has 1 saturated heterocycles. The van der Waals surface area contributed by atoms with E-state index in [-0.39, 0.29) is 18.1 Å². The van der Waals surface area contributed by atoms with Gasteiger partial charge < -0.3 is 23.8 Å². The number of ether oxygens (including phenoxy) is 4. The first-order valence-corrected chi connectivity index (χ1v) is 13.7. The molecule has 7 heteroatoms. The van der Waals surface area contributed by atoms with E-state index in [0.717, 1.165) is 48.2 Å². The summed E-state index contributed by atoms with van der Waals surface area (Å²) in [5, 5.41) is 0. The third-order valence-electron chi connectivity index (χ3n) is 7.22. The first kappa shape index (κ1) is 26.9. The van der Waals surface area contributed by atoms with Crippen LogP contribution >= 0.6 is 0 Å². The summed E-state index contributed by atoms with van der Waals surface area (Å²) in [4.78, 5) is 17.7. The van der Waals surface area contributed by atoms with Gasteiger partial charge in [-0.1, -0.05) is 39.0 Å². The molecular formula is C32H38N2O5. The van der Waals surface area contributed by atoms with Crippen molar-refractivity contribution in [3.63, 3.8) is 0 Å². The number of amides is 1. The van der Waals surface area contributed by atoms with E-state index in [1.807, 2.05) is 54.3 Å². The van der Waals surface area contributed by atoms with Gasteiger partial charge in [-0.15, -0.1) is 0 Å². The Morgan fingerprint density at radius 3 is 2.33 bits per heavy atom. The fraction of sp³-hybridized carbons (Fsp3) is 0.406. The summed E-state index contributed by atoms with van der Waals surface area (Å²) in [6.07, 6.45) is 0. The molecule has 2 heterocycles.